The zero-order valence-electron chi connectivity index (χ0n) is 12.3. The van der Waals surface area contributed by atoms with Gasteiger partial charge in [0.05, 0.1) is 19.6 Å². The maximum absolute atomic E-state index is 3.70. The Bertz CT molecular complexity index is 401. The van der Waals surface area contributed by atoms with Crippen molar-refractivity contribution in [2.24, 2.45) is 0 Å². The lowest BCUT2D eigenvalue weighted by Gasteiger charge is -2.26. The fraction of sp³-hybridized carbons (Fsp3) is 0.588. The molecule has 2 aliphatic heterocycles. The molecule has 0 saturated carbocycles. The first kappa shape index (κ1) is 14.1. The molecule has 0 unspecified atom stereocenters. The Kier molecular flexibility index (Phi) is 5.44. The number of hydrogen-bond donors (Lipinski definition) is 0. The van der Waals surface area contributed by atoms with Gasteiger partial charge in [-0.1, -0.05) is 30.9 Å². The number of nitrogens with zero attached hydrogens (tertiary/aromatic N) is 2. The second-order valence-electron chi connectivity index (χ2n) is 5.62. The fourth-order valence-corrected chi connectivity index (χ4v) is 3.05. The number of hydrogen-bond acceptors (Lipinski definition) is 1. The van der Waals surface area contributed by atoms with Crippen molar-refractivity contribution in [2.45, 2.75) is 39.0 Å². The van der Waals surface area contributed by atoms with Crippen LogP contribution in [0.15, 0.2) is 36.5 Å². The first-order valence-electron chi connectivity index (χ1n) is 7.62. The highest BCUT2D eigenvalue weighted by Crippen LogP contribution is 2.16. The second kappa shape index (κ2) is 7.32. The van der Waals surface area contributed by atoms with Crippen LogP contribution < -0.4 is 0 Å². The summed E-state index contributed by atoms with van der Waals surface area (Å²) in [5.74, 6) is 1.60. The Morgan fingerprint density at radius 1 is 1.21 bits per heavy atom. The molecule has 0 radical (unpaired) electrons. The number of allylic oxidation sites excluding steroid dienone is 4. The molecule has 0 aromatic rings. The summed E-state index contributed by atoms with van der Waals surface area (Å²) >= 11 is 0. The van der Waals surface area contributed by atoms with Gasteiger partial charge in [0, 0.05) is 12.8 Å². The van der Waals surface area contributed by atoms with Gasteiger partial charge in [-0.2, -0.15) is 0 Å². The van der Waals surface area contributed by atoms with E-state index in [0.717, 1.165) is 6.54 Å². The van der Waals surface area contributed by atoms with Crippen LogP contribution in [0.3, 0.4) is 0 Å². The van der Waals surface area contributed by atoms with Crippen LogP contribution in [0.1, 0.15) is 39.0 Å². The Labute approximate surface area is 117 Å². The molecule has 2 nitrogen and oxygen atoms in total. The molecular formula is C17H27N2+. The van der Waals surface area contributed by atoms with Crippen LogP contribution in [0.4, 0.5) is 0 Å². The quantitative estimate of drug-likeness (QED) is 0.554. The predicted octanol–water partition coefficient (Wildman–Crippen LogP) is 3.37. The molecule has 0 spiro atoms. The average molecular weight is 259 g/mol. The van der Waals surface area contributed by atoms with Gasteiger partial charge < -0.3 is 0 Å². The molecule has 2 heteroatoms. The molecule has 0 aliphatic carbocycles. The largest absolute Gasteiger partial charge is 0.266 e. The highest BCUT2D eigenvalue weighted by Gasteiger charge is 2.28. The normalized spacial score (nSPS) is 21.5. The molecule has 1 saturated heterocycles. The van der Waals surface area contributed by atoms with Crippen molar-refractivity contribution in [3.05, 3.63) is 36.5 Å². The molecule has 2 rings (SSSR count). The van der Waals surface area contributed by atoms with Gasteiger partial charge in [0.25, 0.3) is 0 Å². The Morgan fingerprint density at radius 2 is 2.05 bits per heavy atom. The van der Waals surface area contributed by atoms with E-state index in [2.05, 4.69) is 35.1 Å². The summed E-state index contributed by atoms with van der Waals surface area (Å²) in [5.41, 5.74) is 1.43. The molecule has 0 N–H and O–H groups in total. The Balaban J connectivity index is 2.09. The van der Waals surface area contributed by atoms with Crippen molar-refractivity contribution >= 4 is 5.84 Å². The van der Waals surface area contributed by atoms with E-state index in [9.17, 15) is 0 Å². The summed E-state index contributed by atoms with van der Waals surface area (Å²) in [6.45, 7) is 10.8. The minimum atomic E-state index is 1.08. The molecule has 0 amide bonds. The molecule has 0 aromatic heterocycles. The summed E-state index contributed by atoms with van der Waals surface area (Å²) < 4.78 is 2.60. The van der Waals surface area contributed by atoms with Crippen molar-refractivity contribution in [2.75, 3.05) is 26.2 Å². The summed E-state index contributed by atoms with van der Waals surface area (Å²) in [7, 11) is 0. The molecule has 2 heterocycles. The van der Waals surface area contributed by atoms with Crippen molar-refractivity contribution in [3.8, 4) is 0 Å². The van der Waals surface area contributed by atoms with Gasteiger partial charge in [-0.3, -0.25) is 9.48 Å². The third-order valence-electron chi connectivity index (χ3n) is 3.98. The van der Waals surface area contributed by atoms with Gasteiger partial charge in [-0.15, -0.1) is 0 Å². The van der Waals surface area contributed by atoms with Crippen LogP contribution in [-0.4, -0.2) is 41.5 Å². The summed E-state index contributed by atoms with van der Waals surface area (Å²) in [6.07, 6.45) is 14.8. The van der Waals surface area contributed by atoms with Crippen molar-refractivity contribution in [1.29, 1.82) is 0 Å². The topological polar surface area (TPSA) is 6.25 Å². The highest BCUT2D eigenvalue weighted by molar-refractivity contribution is 5.78. The fourth-order valence-electron chi connectivity index (χ4n) is 3.05. The molecule has 1 fully saturated rings. The summed E-state index contributed by atoms with van der Waals surface area (Å²) in [6, 6.07) is 0. The van der Waals surface area contributed by atoms with Gasteiger partial charge in [-0.05, 0) is 31.8 Å². The monoisotopic (exact) mass is 259 g/mol. The molecule has 2 aliphatic rings. The van der Waals surface area contributed by atoms with Crippen molar-refractivity contribution in [3.63, 3.8) is 0 Å². The van der Waals surface area contributed by atoms with Gasteiger partial charge in [-0.25, -0.2) is 0 Å². The van der Waals surface area contributed by atoms with Crippen LogP contribution in [0.2, 0.25) is 0 Å². The Morgan fingerprint density at radius 3 is 2.89 bits per heavy atom. The maximum Gasteiger partial charge on any atom is 0.247 e. The lowest BCUT2D eigenvalue weighted by Crippen LogP contribution is -2.44. The predicted molar refractivity (Wildman–Crippen MR) is 82.8 cm³/mol. The second-order valence-corrected chi connectivity index (χ2v) is 5.62. The molecule has 0 atom stereocenters. The third-order valence-corrected chi connectivity index (χ3v) is 3.98. The van der Waals surface area contributed by atoms with E-state index < -0.39 is 0 Å². The van der Waals surface area contributed by atoms with E-state index in [-0.39, 0.29) is 0 Å². The van der Waals surface area contributed by atoms with Crippen LogP contribution in [0, 0.1) is 0 Å². The standard InChI is InChI=1S/C17H27N2/c1-3-4-6-10-16(2)15-19-14-9-13-18-12-8-5-7-11-17(18)19/h3-4,6,10H,1,5,7-9,11-15H2,2H3/q+1/b6-4-,16-10+. The van der Waals surface area contributed by atoms with Crippen molar-refractivity contribution in [1.82, 2.24) is 4.90 Å². The van der Waals surface area contributed by atoms with Gasteiger partial charge >= 0.3 is 0 Å². The zero-order chi connectivity index (χ0) is 13.5. The SMILES string of the molecule is C=C/C=C\C=C(/C)C[N+]1=C2CCCCCN2CCC1. The van der Waals surface area contributed by atoms with E-state index in [1.54, 1.807) is 5.84 Å². The van der Waals surface area contributed by atoms with Crippen LogP contribution in [0.25, 0.3) is 0 Å². The van der Waals surface area contributed by atoms with E-state index in [4.69, 9.17) is 0 Å². The van der Waals surface area contributed by atoms with E-state index in [1.807, 2.05) is 12.2 Å². The van der Waals surface area contributed by atoms with Gasteiger partial charge in [0.1, 0.15) is 6.54 Å². The zero-order valence-corrected chi connectivity index (χ0v) is 12.3. The first-order valence-corrected chi connectivity index (χ1v) is 7.62. The lowest BCUT2D eigenvalue weighted by molar-refractivity contribution is -0.531. The third kappa shape index (κ3) is 4.09. The van der Waals surface area contributed by atoms with Gasteiger partial charge in [0.15, 0.2) is 0 Å². The van der Waals surface area contributed by atoms with E-state index in [0.29, 0.717) is 0 Å². The molecular weight excluding hydrogens is 232 g/mol. The number of amidine groups is 1. The molecule has 19 heavy (non-hydrogen) atoms. The maximum atomic E-state index is 3.70. The lowest BCUT2D eigenvalue weighted by atomic mass is 10.2. The van der Waals surface area contributed by atoms with Crippen molar-refractivity contribution < 1.29 is 4.58 Å². The van der Waals surface area contributed by atoms with Crippen LogP contribution in [-0.2, 0) is 0 Å². The minimum Gasteiger partial charge on any atom is -0.266 e. The molecule has 104 valence electrons. The number of fused-ring (bicyclic) bond motifs is 1. The summed E-state index contributed by atoms with van der Waals surface area (Å²) in [4.78, 5) is 2.63. The summed E-state index contributed by atoms with van der Waals surface area (Å²) in [5, 5.41) is 0. The minimum absolute atomic E-state index is 1.08. The Hall–Kier alpha value is -1.31. The first-order chi connectivity index (χ1) is 9.31. The van der Waals surface area contributed by atoms with E-state index in [1.165, 1.54) is 57.3 Å². The molecule has 0 aromatic carbocycles. The van der Waals surface area contributed by atoms with Gasteiger partial charge in [0.2, 0.25) is 5.84 Å². The van der Waals surface area contributed by atoms with E-state index >= 15 is 0 Å². The average Bonchev–Trinajstić information content (AvgIpc) is 2.65. The van der Waals surface area contributed by atoms with Crippen LogP contribution in [0.5, 0.6) is 0 Å². The number of rotatable bonds is 4. The van der Waals surface area contributed by atoms with Crippen LogP contribution >= 0.6 is 0 Å². The highest BCUT2D eigenvalue weighted by atomic mass is 15.3. The molecule has 0 bridgehead atoms. The smallest absolute Gasteiger partial charge is 0.247 e.